The molecule has 0 radical (unpaired) electrons. The molecule has 156 valence electrons. The molecular weight excluding hydrogens is 424 g/mol. The molecule has 0 bridgehead atoms. The van der Waals surface area contributed by atoms with E-state index in [1.807, 2.05) is 0 Å². The van der Waals surface area contributed by atoms with Crippen molar-refractivity contribution in [3.63, 3.8) is 0 Å². The number of anilines is 1. The second-order valence-electron chi connectivity index (χ2n) is 6.54. The number of thiophene rings is 1. The zero-order valence-corrected chi connectivity index (χ0v) is 17.9. The number of nitrogens with zero attached hydrogens (tertiary/aromatic N) is 1. The van der Waals surface area contributed by atoms with Gasteiger partial charge in [-0.1, -0.05) is 36.4 Å². The fourth-order valence-corrected chi connectivity index (χ4v) is 4.65. The normalized spacial score (nSPS) is 12.1. The predicted molar refractivity (Wildman–Crippen MR) is 115 cm³/mol. The average molecular weight is 445 g/mol. The molecule has 1 amide bonds. The Kier molecular flexibility index (Phi) is 6.53. The van der Waals surface area contributed by atoms with Crippen molar-refractivity contribution in [1.29, 1.82) is 0 Å². The molecule has 0 saturated heterocycles. The lowest BCUT2D eigenvalue weighted by Gasteiger charge is -2.21. The molecule has 9 heteroatoms. The number of carbonyl (C=O) groups is 2. The summed E-state index contributed by atoms with van der Waals surface area (Å²) in [5.74, 6) is -1.05. The van der Waals surface area contributed by atoms with E-state index in [1.54, 1.807) is 55.9 Å². The average Bonchev–Trinajstić information content (AvgIpc) is 3.28. The molecule has 0 saturated carbocycles. The number of rotatable bonds is 7. The molecular formula is C21H20N2O5S2. The Hall–Kier alpha value is -3.17. The van der Waals surface area contributed by atoms with Gasteiger partial charge in [-0.05, 0) is 35.7 Å². The molecule has 30 heavy (non-hydrogen) atoms. The van der Waals surface area contributed by atoms with Crippen molar-refractivity contribution in [2.45, 2.75) is 10.3 Å². The van der Waals surface area contributed by atoms with Crippen molar-refractivity contribution in [3.8, 4) is 0 Å². The third kappa shape index (κ3) is 5.05. The Balaban J connectivity index is 1.75. The summed E-state index contributed by atoms with van der Waals surface area (Å²) in [5, 5.41) is 1.67. The molecule has 2 aromatic carbocycles. The Morgan fingerprint density at radius 2 is 1.63 bits per heavy atom. The monoisotopic (exact) mass is 444 g/mol. The molecule has 0 fully saturated rings. The number of hydrogen-bond donors (Lipinski definition) is 1. The van der Waals surface area contributed by atoms with Crippen LogP contribution in [-0.2, 0) is 19.6 Å². The number of nitrogens with one attached hydrogen (secondary N) is 1. The van der Waals surface area contributed by atoms with E-state index in [9.17, 15) is 18.0 Å². The SMILES string of the molecule is CN(C)C(=O)C(OC(=O)c1ccc(NS(=O)(=O)c2cccs2)cc1)c1ccccc1. The summed E-state index contributed by atoms with van der Waals surface area (Å²) in [7, 11) is -0.509. The highest BCUT2D eigenvalue weighted by molar-refractivity contribution is 7.94. The first-order valence-electron chi connectivity index (χ1n) is 8.91. The zero-order valence-electron chi connectivity index (χ0n) is 16.3. The first kappa shape index (κ1) is 21.5. The summed E-state index contributed by atoms with van der Waals surface area (Å²) in [6.45, 7) is 0. The fraction of sp³-hybridized carbons (Fsp3) is 0.143. The van der Waals surface area contributed by atoms with Crippen LogP contribution in [0.3, 0.4) is 0 Å². The Labute approximate surface area is 179 Å². The largest absolute Gasteiger partial charge is 0.444 e. The predicted octanol–water partition coefficient (Wildman–Crippen LogP) is 3.54. The lowest BCUT2D eigenvalue weighted by molar-refractivity contribution is -0.138. The number of carbonyl (C=O) groups excluding carboxylic acids is 2. The van der Waals surface area contributed by atoms with Crippen LogP contribution in [0.15, 0.2) is 76.3 Å². The summed E-state index contributed by atoms with van der Waals surface area (Å²) in [4.78, 5) is 26.5. The standard InChI is InChI=1S/C21H20N2O5S2/c1-23(2)20(24)19(15-7-4-3-5-8-15)28-21(25)16-10-12-17(13-11-16)22-30(26,27)18-9-6-14-29-18/h3-14,19,22H,1-2H3. The van der Waals surface area contributed by atoms with Gasteiger partial charge in [-0.25, -0.2) is 13.2 Å². The summed E-state index contributed by atoms with van der Waals surface area (Å²) >= 11 is 1.11. The van der Waals surface area contributed by atoms with Gasteiger partial charge < -0.3 is 9.64 Å². The first-order chi connectivity index (χ1) is 14.3. The number of benzene rings is 2. The van der Waals surface area contributed by atoms with Crippen molar-refractivity contribution < 1.29 is 22.7 Å². The molecule has 0 aliphatic carbocycles. The number of likely N-dealkylation sites (N-methyl/N-ethyl adjacent to an activating group) is 1. The third-order valence-corrected chi connectivity index (χ3v) is 6.90. The van der Waals surface area contributed by atoms with Gasteiger partial charge in [-0.15, -0.1) is 11.3 Å². The number of sulfonamides is 1. The maximum Gasteiger partial charge on any atom is 0.339 e. The molecule has 1 N–H and O–H groups in total. The van der Waals surface area contributed by atoms with Crippen LogP contribution < -0.4 is 4.72 Å². The number of hydrogen-bond acceptors (Lipinski definition) is 6. The van der Waals surface area contributed by atoms with Gasteiger partial charge in [0.15, 0.2) is 0 Å². The van der Waals surface area contributed by atoms with Crippen LogP contribution in [0.25, 0.3) is 0 Å². The van der Waals surface area contributed by atoms with E-state index in [0.29, 0.717) is 11.3 Å². The second-order valence-corrected chi connectivity index (χ2v) is 9.40. The van der Waals surface area contributed by atoms with Crippen LogP contribution in [0, 0.1) is 0 Å². The van der Waals surface area contributed by atoms with Crippen LogP contribution >= 0.6 is 11.3 Å². The minimum atomic E-state index is -3.68. The lowest BCUT2D eigenvalue weighted by atomic mass is 10.1. The van der Waals surface area contributed by atoms with Gasteiger partial charge in [-0.2, -0.15) is 0 Å². The molecule has 1 unspecified atom stereocenters. The molecule has 0 aliphatic rings. The zero-order chi connectivity index (χ0) is 21.7. The van der Waals surface area contributed by atoms with Gasteiger partial charge in [-0.3, -0.25) is 9.52 Å². The second kappa shape index (κ2) is 9.10. The van der Waals surface area contributed by atoms with Crippen LogP contribution in [0.4, 0.5) is 5.69 Å². The van der Waals surface area contributed by atoms with E-state index in [0.717, 1.165) is 11.3 Å². The molecule has 0 aliphatic heterocycles. The number of ether oxygens (including phenoxy) is 1. The minimum Gasteiger partial charge on any atom is -0.444 e. The van der Waals surface area contributed by atoms with Crippen molar-refractivity contribution in [1.82, 2.24) is 4.90 Å². The first-order valence-corrected chi connectivity index (χ1v) is 11.3. The van der Waals surface area contributed by atoms with Gasteiger partial charge >= 0.3 is 5.97 Å². The maximum atomic E-state index is 12.6. The smallest absolute Gasteiger partial charge is 0.339 e. The van der Waals surface area contributed by atoms with Gasteiger partial charge in [0.25, 0.3) is 15.9 Å². The van der Waals surface area contributed by atoms with E-state index >= 15 is 0 Å². The summed E-state index contributed by atoms with van der Waals surface area (Å²) in [5.41, 5.74) is 1.07. The lowest BCUT2D eigenvalue weighted by Crippen LogP contribution is -2.31. The van der Waals surface area contributed by atoms with Crippen molar-refractivity contribution in [2.24, 2.45) is 0 Å². The van der Waals surface area contributed by atoms with E-state index < -0.39 is 22.1 Å². The van der Waals surface area contributed by atoms with Crippen LogP contribution in [0.2, 0.25) is 0 Å². The quantitative estimate of drug-likeness (QED) is 0.563. The summed E-state index contributed by atoms with van der Waals surface area (Å²) in [6.07, 6.45) is -1.08. The molecule has 0 spiro atoms. The molecule has 7 nitrogen and oxygen atoms in total. The fourth-order valence-electron chi connectivity index (χ4n) is 2.59. The summed E-state index contributed by atoms with van der Waals surface area (Å²) < 4.78 is 32.7. The van der Waals surface area contributed by atoms with E-state index in [1.165, 1.54) is 35.2 Å². The number of amides is 1. The molecule has 1 heterocycles. The molecule has 1 aromatic heterocycles. The Bertz CT molecular complexity index is 1110. The van der Waals surface area contributed by atoms with Crippen molar-refractivity contribution >= 4 is 38.9 Å². The minimum absolute atomic E-state index is 0.193. The molecule has 1 atom stereocenters. The third-order valence-electron chi connectivity index (χ3n) is 4.13. The highest BCUT2D eigenvalue weighted by Crippen LogP contribution is 2.23. The Morgan fingerprint density at radius 3 is 2.20 bits per heavy atom. The van der Waals surface area contributed by atoms with Crippen LogP contribution in [0.5, 0.6) is 0 Å². The number of esters is 1. The van der Waals surface area contributed by atoms with Crippen LogP contribution in [-0.4, -0.2) is 39.3 Å². The van der Waals surface area contributed by atoms with E-state index in [2.05, 4.69) is 4.72 Å². The summed E-state index contributed by atoms with van der Waals surface area (Å²) in [6, 6.07) is 17.7. The topological polar surface area (TPSA) is 92.8 Å². The van der Waals surface area contributed by atoms with Gasteiger partial charge in [0.05, 0.1) is 5.56 Å². The van der Waals surface area contributed by atoms with E-state index in [-0.39, 0.29) is 15.7 Å². The van der Waals surface area contributed by atoms with Crippen molar-refractivity contribution in [2.75, 3.05) is 18.8 Å². The maximum absolute atomic E-state index is 12.6. The van der Waals surface area contributed by atoms with Crippen LogP contribution in [0.1, 0.15) is 22.0 Å². The molecule has 3 rings (SSSR count). The highest BCUT2D eigenvalue weighted by atomic mass is 32.2. The van der Waals surface area contributed by atoms with Gasteiger partial charge in [0.2, 0.25) is 6.10 Å². The Morgan fingerprint density at radius 1 is 0.967 bits per heavy atom. The molecule has 3 aromatic rings. The van der Waals surface area contributed by atoms with Crippen molar-refractivity contribution in [3.05, 3.63) is 83.2 Å². The van der Waals surface area contributed by atoms with Gasteiger partial charge in [0.1, 0.15) is 4.21 Å². The van der Waals surface area contributed by atoms with E-state index in [4.69, 9.17) is 4.74 Å². The van der Waals surface area contributed by atoms with Gasteiger partial charge in [0, 0.05) is 25.3 Å². The highest BCUT2D eigenvalue weighted by Gasteiger charge is 2.27.